The highest BCUT2D eigenvalue weighted by Gasteiger charge is 2.35. The van der Waals surface area contributed by atoms with Crippen molar-refractivity contribution in [3.8, 4) is 0 Å². The molecular weight excluding hydrogens is 594 g/mol. The Kier molecular flexibility index (Phi) is 10.5. The van der Waals surface area contributed by atoms with Crippen LogP contribution >= 0.6 is 11.6 Å². The number of benzene rings is 4. The zero-order valence-electron chi connectivity index (χ0n) is 25.4. The molecule has 0 saturated carbocycles. The number of carbonyl (C=O) groups excluding carboxylic acids is 2. The number of aryl methyl sites for hydroxylation is 1. The molecule has 0 bridgehead atoms. The van der Waals surface area contributed by atoms with Crippen molar-refractivity contribution in [1.82, 2.24) is 10.2 Å². The highest BCUT2D eigenvalue weighted by Crippen LogP contribution is 2.26. The van der Waals surface area contributed by atoms with Crippen LogP contribution < -0.4 is 9.62 Å². The van der Waals surface area contributed by atoms with Crippen LogP contribution in [-0.4, -0.2) is 43.3 Å². The van der Waals surface area contributed by atoms with Crippen molar-refractivity contribution in [1.29, 1.82) is 0 Å². The van der Waals surface area contributed by atoms with Gasteiger partial charge in [-0.15, -0.1) is 0 Å². The molecule has 2 amide bonds. The molecule has 7 nitrogen and oxygen atoms in total. The maximum absolute atomic E-state index is 14.5. The predicted octanol–water partition coefficient (Wildman–Crippen LogP) is 6.40. The zero-order chi connectivity index (χ0) is 31.9. The van der Waals surface area contributed by atoms with E-state index in [1.54, 1.807) is 42.5 Å². The second kappa shape index (κ2) is 14.1. The number of carbonyl (C=O) groups is 2. The smallest absolute Gasteiger partial charge is 0.264 e. The third-order valence-corrected chi connectivity index (χ3v) is 9.14. The summed E-state index contributed by atoms with van der Waals surface area (Å²) in [5, 5.41) is 3.47. The Morgan fingerprint density at radius 3 is 1.98 bits per heavy atom. The van der Waals surface area contributed by atoms with Crippen molar-refractivity contribution >= 4 is 39.1 Å². The number of hydrogen-bond donors (Lipinski definition) is 1. The van der Waals surface area contributed by atoms with Gasteiger partial charge in [0.1, 0.15) is 12.6 Å². The third-order valence-electron chi connectivity index (χ3n) is 7.10. The third kappa shape index (κ3) is 8.49. The van der Waals surface area contributed by atoms with Crippen LogP contribution in [0.1, 0.15) is 37.5 Å². The Balaban J connectivity index is 1.82. The van der Waals surface area contributed by atoms with Crippen molar-refractivity contribution in [2.45, 2.75) is 57.1 Å². The minimum Gasteiger partial charge on any atom is -0.350 e. The monoisotopic (exact) mass is 631 g/mol. The van der Waals surface area contributed by atoms with Gasteiger partial charge >= 0.3 is 0 Å². The molecule has 0 aliphatic heterocycles. The Bertz CT molecular complexity index is 1670. The van der Waals surface area contributed by atoms with Gasteiger partial charge in [-0.2, -0.15) is 0 Å². The molecule has 230 valence electrons. The number of amides is 2. The minimum absolute atomic E-state index is 0.0412. The average molecular weight is 632 g/mol. The molecule has 0 unspecified atom stereocenters. The lowest BCUT2D eigenvalue weighted by molar-refractivity contribution is -0.140. The van der Waals surface area contributed by atoms with Crippen molar-refractivity contribution in [2.75, 3.05) is 10.8 Å². The van der Waals surface area contributed by atoms with E-state index in [2.05, 4.69) is 5.32 Å². The molecule has 44 heavy (non-hydrogen) atoms. The highest BCUT2D eigenvalue weighted by atomic mass is 35.5. The van der Waals surface area contributed by atoms with Gasteiger partial charge in [0.25, 0.3) is 10.0 Å². The van der Waals surface area contributed by atoms with Crippen LogP contribution in [-0.2, 0) is 32.6 Å². The SMILES string of the molecule is Cc1ccccc1CN(C(=O)CN(c1ccc(Cl)cc1)S(=O)(=O)c1ccccc1)[C@@H](Cc1ccccc1)C(=O)NC(C)(C)C. The Hall–Kier alpha value is -4.14. The number of nitrogens with zero attached hydrogens (tertiary/aromatic N) is 2. The maximum Gasteiger partial charge on any atom is 0.264 e. The molecule has 0 aromatic heterocycles. The van der Waals surface area contributed by atoms with E-state index in [4.69, 9.17) is 11.6 Å². The van der Waals surface area contributed by atoms with Gasteiger partial charge in [0.2, 0.25) is 11.8 Å². The summed E-state index contributed by atoms with van der Waals surface area (Å²) in [6.07, 6.45) is 0.243. The fraction of sp³-hybridized carbons (Fsp3) is 0.257. The summed E-state index contributed by atoms with van der Waals surface area (Å²) in [5.74, 6) is -0.847. The molecular formula is C35H38ClN3O4S. The molecule has 4 aromatic rings. The molecule has 1 atom stereocenters. The molecule has 0 heterocycles. The van der Waals surface area contributed by atoms with Crippen LogP contribution in [0.25, 0.3) is 0 Å². The summed E-state index contributed by atoms with van der Waals surface area (Å²) in [6, 6.07) is 30.5. The standard InChI is InChI=1S/C35H38ClN3O4S/c1-26-13-11-12-16-28(26)24-38(32(34(41)37-35(2,3)4)23-27-14-7-5-8-15-27)33(40)25-39(30-21-19-29(36)20-22-30)44(42,43)31-17-9-6-10-18-31/h5-22,32H,23-25H2,1-4H3,(H,37,41)/t32-/m0/s1. The largest absolute Gasteiger partial charge is 0.350 e. The van der Waals surface area contributed by atoms with Gasteiger partial charge in [-0.05, 0) is 80.8 Å². The van der Waals surface area contributed by atoms with Gasteiger partial charge in [0, 0.05) is 23.5 Å². The minimum atomic E-state index is -4.17. The number of sulfonamides is 1. The number of hydrogen-bond acceptors (Lipinski definition) is 4. The summed E-state index contributed by atoms with van der Waals surface area (Å²) in [7, 11) is -4.17. The molecule has 0 radical (unpaired) electrons. The lowest BCUT2D eigenvalue weighted by Gasteiger charge is -2.35. The zero-order valence-corrected chi connectivity index (χ0v) is 27.0. The Morgan fingerprint density at radius 1 is 0.818 bits per heavy atom. The highest BCUT2D eigenvalue weighted by molar-refractivity contribution is 7.92. The molecule has 1 N–H and O–H groups in total. The topological polar surface area (TPSA) is 86.8 Å². The summed E-state index contributed by atoms with van der Waals surface area (Å²) in [4.78, 5) is 30.0. The van der Waals surface area contributed by atoms with Crippen LogP contribution in [0.2, 0.25) is 5.02 Å². The maximum atomic E-state index is 14.5. The van der Waals surface area contributed by atoms with Crippen LogP contribution in [0.5, 0.6) is 0 Å². The van der Waals surface area contributed by atoms with Crippen molar-refractivity contribution in [3.05, 3.63) is 131 Å². The van der Waals surface area contributed by atoms with Gasteiger partial charge < -0.3 is 10.2 Å². The molecule has 4 aromatic carbocycles. The van der Waals surface area contributed by atoms with Crippen LogP contribution in [0.4, 0.5) is 5.69 Å². The summed E-state index contributed by atoms with van der Waals surface area (Å²) in [6.45, 7) is 7.17. The lowest BCUT2D eigenvalue weighted by atomic mass is 10.00. The van der Waals surface area contributed by atoms with E-state index in [0.29, 0.717) is 5.02 Å². The van der Waals surface area contributed by atoms with E-state index >= 15 is 0 Å². The first kappa shape index (κ1) is 32.8. The molecule has 0 aliphatic carbocycles. The second-order valence-corrected chi connectivity index (χ2v) is 14.0. The molecule has 9 heteroatoms. The number of rotatable bonds is 11. The van der Waals surface area contributed by atoms with E-state index in [1.165, 1.54) is 17.0 Å². The van der Waals surface area contributed by atoms with E-state index in [0.717, 1.165) is 21.0 Å². The lowest BCUT2D eigenvalue weighted by Crippen LogP contribution is -2.56. The summed E-state index contributed by atoms with van der Waals surface area (Å²) >= 11 is 6.13. The summed E-state index contributed by atoms with van der Waals surface area (Å²) < 4.78 is 29.1. The number of halogens is 1. The van der Waals surface area contributed by atoms with Crippen LogP contribution in [0, 0.1) is 6.92 Å². The van der Waals surface area contributed by atoms with Crippen molar-refractivity contribution in [3.63, 3.8) is 0 Å². The average Bonchev–Trinajstić information content (AvgIpc) is 2.99. The second-order valence-electron chi connectivity index (χ2n) is 11.7. The summed E-state index contributed by atoms with van der Waals surface area (Å²) in [5.41, 5.74) is 2.39. The molecule has 0 aliphatic rings. The van der Waals surface area contributed by atoms with Gasteiger partial charge in [-0.1, -0.05) is 84.4 Å². The normalized spacial score (nSPS) is 12.3. The van der Waals surface area contributed by atoms with E-state index in [1.807, 2.05) is 82.3 Å². The molecule has 0 fully saturated rings. The van der Waals surface area contributed by atoms with Gasteiger partial charge in [-0.25, -0.2) is 8.42 Å². The Labute approximate surface area is 265 Å². The van der Waals surface area contributed by atoms with Gasteiger partial charge in [0.15, 0.2) is 0 Å². The van der Waals surface area contributed by atoms with Gasteiger partial charge in [-0.3, -0.25) is 13.9 Å². The fourth-order valence-corrected chi connectivity index (χ4v) is 6.39. The van der Waals surface area contributed by atoms with Crippen LogP contribution in [0.15, 0.2) is 114 Å². The fourth-order valence-electron chi connectivity index (χ4n) is 4.83. The first-order chi connectivity index (χ1) is 20.8. The predicted molar refractivity (Wildman–Crippen MR) is 176 cm³/mol. The quantitative estimate of drug-likeness (QED) is 0.208. The van der Waals surface area contributed by atoms with E-state index in [-0.39, 0.29) is 29.5 Å². The molecule has 0 saturated heterocycles. The first-order valence-corrected chi connectivity index (χ1v) is 16.2. The van der Waals surface area contributed by atoms with Crippen molar-refractivity contribution in [2.24, 2.45) is 0 Å². The molecule has 4 rings (SSSR count). The van der Waals surface area contributed by atoms with Gasteiger partial charge in [0.05, 0.1) is 10.6 Å². The Morgan fingerprint density at radius 2 is 1.39 bits per heavy atom. The number of nitrogens with one attached hydrogen (secondary N) is 1. The van der Waals surface area contributed by atoms with Crippen molar-refractivity contribution < 1.29 is 18.0 Å². The number of anilines is 1. The van der Waals surface area contributed by atoms with E-state index in [9.17, 15) is 18.0 Å². The van der Waals surface area contributed by atoms with Crippen LogP contribution in [0.3, 0.4) is 0 Å². The molecule has 0 spiro atoms. The first-order valence-electron chi connectivity index (χ1n) is 14.4. The van der Waals surface area contributed by atoms with E-state index < -0.39 is 34.1 Å².